The van der Waals surface area contributed by atoms with Crippen molar-refractivity contribution < 1.29 is 0 Å². The quantitative estimate of drug-likeness (QED) is 0.662. The molecule has 0 aliphatic carbocycles. The minimum atomic E-state index is -0.362. The summed E-state index contributed by atoms with van der Waals surface area (Å²) in [4.78, 5) is 0. The lowest BCUT2D eigenvalue weighted by atomic mass is 9.98. The van der Waals surface area contributed by atoms with Crippen molar-refractivity contribution in [3.05, 3.63) is 0 Å². The molecule has 0 saturated carbocycles. The molecule has 0 radical (unpaired) electrons. The molecule has 2 nitrogen and oxygen atoms in total. The van der Waals surface area contributed by atoms with E-state index in [0.717, 1.165) is 6.42 Å². The van der Waals surface area contributed by atoms with Crippen LogP contribution in [0.15, 0.2) is 0 Å². The lowest BCUT2D eigenvalue weighted by Crippen LogP contribution is -2.40. The van der Waals surface area contributed by atoms with Crippen molar-refractivity contribution in [3.63, 3.8) is 0 Å². The van der Waals surface area contributed by atoms with Gasteiger partial charge in [0.25, 0.3) is 0 Å². The lowest BCUT2D eigenvalue weighted by Gasteiger charge is -2.24. The first-order valence-electron chi connectivity index (χ1n) is 5.29. The van der Waals surface area contributed by atoms with E-state index in [1.54, 1.807) is 0 Å². The van der Waals surface area contributed by atoms with Crippen molar-refractivity contribution in [2.45, 2.75) is 50.8 Å². The fraction of sp³-hybridized carbons (Fsp3) is 0.909. The molecule has 0 saturated heterocycles. The van der Waals surface area contributed by atoms with Gasteiger partial charge < -0.3 is 5.32 Å². The van der Waals surface area contributed by atoms with Crippen LogP contribution in [-0.2, 0) is 0 Å². The van der Waals surface area contributed by atoms with Gasteiger partial charge in [0.15, 0.2) is 0 Å². The standard InChI is InChI=1S/C11H22N2S/c1-5-6-7-14-10(2)8-11(3,9-12)13-4/h10,13H,5-8H2,1-4H3. The fourth-order valence-corrected chi connectivity index (χ4v) is 2.58. The smallest absolute Gasteiger partial charge is 0.104 e. The lowest BCUT2D eigenvalue weighted by molar-refractivity contribution is 0.455. The molecule has 0 bridgehead atoms. The van der Waals surface area contributed by atoms with Crippen LogP contribution in [0, 0.1) is 11.3 Å². The molecule has 2 unspecified atom stereocenters. The average Bonchev–Trinajstić information content (AvgIpc) is 2.18. The van der Waals surface area contributed by atoms with Gasteiger partial charge in [-0.2, -0.15) is 17.0 Å². The number of nitrogens with zero attached hydrogens (tertiary/aromatic N) is 1. The number of hydrogen-bond donors (Lipinski definition) is 1. The van der Waals surface area contributed by atoms with Gasteiger partial charge in [-0.15, -0.1) is 0 Å². The molecule has 2 atom stereocenters. The minimum Gasteiger partial charge on any atom is -0.303 e. The van der Waals surface area contributed by atoms with E-state index in [4.69, 9.17) is 5.26 Å². The number of hydrogen-bond acceptors (Lipinski definition) is 3. The third kappa shape index (κ3) is 5.51. The summed E-state index contributed by atoms with van der Waals surface area (Å²) in [5, 5.41) is 12.6. The zero-order valence-electron chi connectivity index (χ0n) is 9.76. The number of unbranched alkanes of at least 4 members (excludes halogenated alkanes) is 1. The van der Waals surface area contributed by atoms with Gasteiger partial charge in [-0.3, -0.25) is 0 Å². The highest BCUT2D eigenvalue weighted by molar-refractivity contribution is 7.99. The van der Waals surface area contributed by atoms with Crippen LogP contribution in [-0.4, -0.2) is 23.6 Å². The molecule has 0 aliphatic rings. The number of nitrogens with one attached hydrogen (secondary N) is 1. The summed E-state index contributed by atoms with van der Waals surface area (Å²) in [7, 11) is 1.85. The molecule has 82 valence electrons. The molecule has 0 aliphatic heterocycles. The third-order valence-corrected chi connectivity index (χ3v) is 3.65. The van der Waals surface area contributed by atoms with Crippen LogP contribution in [0.5, 0.6) is 0 Å². The Balaban J connectivity index is 3.81. The largest absolute Gasteiger partial charge is 0.303 e. The Morgan fingerprint density at radius 3 is 2.64 bits per heavy atom. The normalized spacial score (nSPS) is 17.1. The van der Waals surface area contributed by atoms with E-state index in [-0.39, 0.29) is 5.54 Å². The van der Waals surface area contributed by atoms with Crippen LogP contribution in [0.1, 0.15) is 40.0 Å². The van der Waals surface area contributed by atoms with E-state index in [1.807, 2.05) is 25.7 Å². The van der Waals surface area contributed by atoms with Crippen molar-refractivity contribution in [2.75, 3.05) is 12.8 Å². The van der Waals surface area contributed by atoms with Crippen molar-refractivity contribution in [2.24, 2.45) is 0 Å². The molecular formula is C11H22N2S. The SMILES string of the molecule is CCCCSC(C)CC(C)(C#N)NC. The molecule has 0 heterocycles. The van der Waals surface area contributed by atoms with Gasteiger partial charge in [0.2, 0.25) is 0 Å². The summed E-state index contributed by atoms with van der Waals surface area (Å²) in [5.41, 5.74) is -0.362. The molecule has 0 amide bonds. The maximum absolute atomic E-state index is 8.98. The predicted molar refractivity (Wildman–Crippen MR) is 64.5 cm³/mol. The van der Waals surface area contributed by atoms with E-state index in [1.165, 1.54) is 18.6 Å². The van der Waals surface area contributed by atoms with E-state index in [9.17, 15) is 0 Å². The van der Waals surface area contributed by atoms with Gasteiger partial charge in [0, 0.05) is 5.25 Å². The van der Waals surface area contributed by atoms with Crippen LogP contribution < -0.4 is 5.32 Å². The molecule has 0 aromatic carbocycles. The topological polar surface area (TPSA) is 35.8 Å². The molecule has 14 heavy (non-hydrogen) atoms. The molecule has 3 heteroatoms. The van der Waals surface area contributed by atoms with Gasteiger partial charge in [-0.25, -0.2) is 0 Å². The third-order valence-electron chi connectivity index (χ3n) is 2.39. The van der Waals surface area contributed by atoms with E-state index in [0.29, 0.717) is 5.25 Å². The van der Waals surface area contributed by atoms with Crippen LogP contribution in [0.4, 0.5) is 0 Å². The Hall–Kier alpha value is -0.200. The van der Waals surface area contributed by atoms with E-state index in [2.05, 4.69) is 25.2 Å². The summed E-state index contributed by atoms with van der Waals surface area (Å²) in [6.45, 7) is 6.37. The monoisotopic (exact) mass is 214 g/mol. The molecule has 0 spiro atoms. The molecule has 0 aromatic rings. The van der Waals surface area contributed by atoms with Crippen LogP contribution in [0.3, 0.4) is 0 Å². The van der Waals surface area contributed by atoms with Gasteiger partial charge in [-0.05, 0) is 32.6 Å². The van der Waals surface area contributed by atoms with Gasteiger partial charge in [-0.1, -0.05) is 20.3 Å². The van der Waals surface area contributed by atoms with Crippen LogP contribution >= 0.6 is 11.8 Å². The zero-order chi connectivity index (χ0) is 11.0. The number of nitriles is 1. The Morgan fingerprint density at radius 1 is 1.57 bits per heavy atom. The molecule has 1 N–H and O–H groups in total. The first-order chi connectivity index (χ1) is 6.58. The maximum atomic E-state index is 8.98. The summed E-state index contributed by atoms with van der Waals surface area (Å²) in [5.74, 6) is 1.21. The summed E-state index contributed by atoms with van der Waals surface area (Å²) in [6, 6.07) is 2.32. The van der Waals surface area contributed by atoms with Crippen molar-refractivity contribution in [1.82, 2.24) is 5.32 Å². The Kier molecular flexibility index (Phi) is 7.04. The zero-order valence-corrected chi connectivity index (χ0v) is 10.6. The average molecular weight is 214 g/mol. The molecular weight excluding hydrogens is 192 g/mol. The highest BCUT2D eigenvalue weighted by atomic mass is 32.2. The van der Waals surface area contributed by atoms with Crippen molar-refractivity contribution in [1.29, 1.82) is 5.26 Å². The van der Waals surface area contributed by atoms with Crippen LogP contribution in [0.2, 0.25) is 0 Å². The Labute approximate surface area is 92.5 Å². The molecule has 0 rings (SSSR count). The minimum absolute atomic E-state index is 0.362. The number of rotatable bonds is 7. The van der Waals surface area contributed by atoms with Crippen molar-refractivity contribution >= 4 is 11.8 Å². The highest BCUT2D eigenvalue weighted by Gasteiger charge is 2.23. The Morgan fingerprint density at radius 2 is 2.21 bits per heavy atom. The fourth-order valence-electron chi connectivity index (χ4n) is 1.27. The second-order valence-corrected chi connectivity index (χ2v) is 5.48. The summed E-state index contributed by atoms with van der Waals surface area (Å²) >= 11 is 1.97. The van der Waals surface area contributed by atoms with Gasteiger partial charge in [0.1, 0.15) is 5.54 Å². The van der Waals surface area contributed by atoms with E-state index >= 15 is 0 Å². The predicted octanol–water partition coefficient (Wildman–Crippen LogP) is 2.80. The molecule has 0 fully saturated rings. The number of thioether (sulfide) groups is 1. The van der Waals surface area contributed by atoms with Gasteiger partial charge >= 0.3 is 0 Å². The second-order valence-electron chi connectivity index (χ2n) is 3.93. The van der Waals surface area contributed by atoms with Gasteiger partial charge in [0.05, 0.1) is 6.07 Å². The first-order valence-corrected chi connectivity index (χ1v) is 6.34. The first kappa shape index (κ1) is 13.8. The van der Waals surface area contributed by atoms with E-state index < -0.39 is 0 Å². The summed E-state index contributed by atoms with van der Waals surface area (Å²) < 4.78 is 0. The summed E-state index contributed by atoms with van der Waals surface area (Å²) in [6.07, 6.45) is 3.44. The highest BCUT2D eigenvalue weighted by Crippen LogP contribution is 2.22. The maximum Gasteiger partial charge on any atom is 0.104 e. The molecule has 0 aromatic heterocycles. The second kappa shape index (κ2) is 7.14. The van der Waals surface area contributed by atoms with Crippen molar-refractivity contribution in [3.8, 4) is 6.07 Å². The van der Waals surface area contributed by atoms with Crippen LogP contribution in [0.25, 0.3) is 0 Å². The Bertz CT molecular complexity index is 188.